The van der Waals surface area contributed by atoms with Gasteiger partial charge in [0.2, 0.25) is 5.89 Å². The highest BCUT2D eigenvalue weighted by molar-refractivity contribution is 14.0. The number of nitrogens with one attached hydrogen (secondary N) is 2. The van der Waals surface area contributed by atoms with Gasteiger partial charge in [0.15, 0.2) is 11.8 Å². The van der Waals surface area contributed by atoms with Crippen molar-refractivity contribution in [3.05, 3.63) is 41.5 Å². The first-order chi connectivity index (χ1) is 12.9. The van der Waals surface area contributed by atoms with Crippen LogP contribution in [0.5, 0.6) is 5.75 Å². The van der Waals surface area contributed by atoms with Gasteiger partial charge in [0, 0.05) is 37.9 Å². The molecular formula is C20H30IN5O2. The van der Waals surface area contributed by atoms with E-state index in [1.165, 1.54) is 0 Å². The summed E-state index contributed by atoms with van der Waals surface area (Å²) in [5.74, 6) is 3.32. The fourth-order valence-electron chi connectivity index (χ4n) is 3.18. The summed E-state index contributed by atoms with van der Waals surface area (Å²) in [6.45, 7) is 8.97. The minimum Gasteiger partial charge on any atom is -0.487 e. The Balaban J connectivity index is 0.00000280. The number of para-hydroxylation sites is 1. The zero-order chi connectivity index (χ0) is 19.4. The van der Waals surface area contributed by atoms with Crippen molar-refractivity contribution in [3.8, 4) is 5.75 Å². The summed E-state index contributed by atoms with van der Waals surface area (Å²) < 4.78 is 11.4. The van der Waals surface area contributed by atoms with Crippen molar-refractivity contribution in [1.82, 2.24) is 20.8 Å². The lowest BCUT2D eigenvalue weighted by Gasteiger charge is -2.38. The quantitative estimate of drug-likeness (QED) is 0.370. The Bertz CT molecular complexity index is 803. The van der Waals surface area contributed by atoms with Crippen molar-refractivity contribution in [3.63, 3.8) is 0 Å². The third-order valence-electron chi connectivity index (χ3n) is 4.54. The Labute approximate surface area is 183 Å². The van der Waals surface area contributed by atoms with Crippen molar-refractivity contribution >= 4 is 29.9 Å². The molecular weight excluding hydrogens is 469 g/mol. The maximum atomic E-state index is 6.10. The summed E-state index contributed by atoms with van der Waals surface area (Å²) in [5.41, 5.74) is 0.917. The van der Waals surface area contributed by atoms with Gasteiger partial charge in [0.25, 0.3) is 0 Å². The van der Waals surface area contributed by atoms with E-state index in [1.54, 1.807) is 7.05 Å². The molecule has 2 N–H and O–H groups in total. The second-order valence-corrected chi connectivity index (χ2v) is 7.75. The number of guanidine groups is 1. The standard InChI is InChI=1S/C20H29N5O2.HI/c1-13(2)18-24-17(27-25-18)10-11-22-19(21-5)23-15-12-20(3,4)26-16-9-7-6-8-14(15)16;/h6-9,13,15H,10-12H2,1-5H3,(H2,21,22,23);1H. The Hall–Kier alpha value is -1.84. The molecule has 1 aliphatic heterocycles. The van der Waals surface area contributed by atoms with E-state index in [0.29, 0.717) is 18.9 Å². The Kier molecular flexibility index (Phi) is 7.68. The van der Waals surface area contributed by atoms with Crippen LogP contribution in [0.25, 0.3) is 0 Å². The molecule has 7 nitrogen and oxygen atoms in total. The molecule has 28 heavy (non-hydrogen) atoms. The van der Waals surface area contributed by atoms with E-state index in [2.05, 4.69) is 45.7 Å². The van der Waals surface area contributed by atoms with Crippen LogP contribution in [-0.2, 0) is 6.42 Å². The second-order valence-electron chi connectivity index (χ2n) is 7.75. The van der Waals surface area contributed by atoms with Gasteiger partial charge in [-0.3, -0.25) is 4.99 Å². The maximum Gasteiger partial charge on any atom is 0.228 e. The van der Waals surface area contributed by atoms with Crippen LogP contribution >= 0.6 is 24.0 Å². The highest BCUT2D eigenvalue weighted by Gasteiger charge is 2.33. The van der Waals surface area contributed by atoms with Crippen LogP contribution in [0.2, 0.25) is 0 Å². The molecule has 0 saturated heterocycles. The number of aliphatic imine (C=N–C) groups is 1. The first-order valence-electron chi connectivity index (χ1n) is 9.45. The molecule has 0 fully saturated rings. The lowest BCUT2D eigenvalue weighted by atomic mass is 9.90. The zero-order valence-electron chi connectivity index (χ0n) is 17.2. The van der Waals surface area contributed by atoms with Crippen LogP contribution in [0, 0.1) is 0 Å². The van der Waals surface area contributed by atoms with Gasteiger partial charge in [-0.05, 0) is 19.9 Å². The highest BCUT2D eigenvalue weighted by Crippen LogP contribution is 2.39. The third kappa shape index (κ3) is 5.59. The van der Waals surface area contributed by atoms with Crippen molar-refractivity contribution in [2.45, 2.75) is 58.1 Å². The van der Waals surface area contributed by atoms with Crippen molar-refractivity contribution < 1.29 is 9.26 Å². The Morgan fingerprint density at radius 1 is 1.32 bits per heavy atom. The molecule has 0 radical (unpaired) electrons. The molecule has 2 aromatic rings. The molecule has 0 saturated carbocycles. The highest BCUT2D eigenvalue weighted by atomic mass is 127. The van der Waals surface area contributed by atoms with E-state index in [4.69, 9.17) is 9.26 Å². The summed E-state index contributed by atoms with van der Waals surface area (Å²) >= 11 is 0. The number of ether oxygens (including phenoxy) is 1. The van der Waals surface area contributed by atoms with Crippen molar-refractivity contribution in [2.75, 3.05) is 13.6 Å². The van der Waals surface area contributed by atoms with Crippen molar-refractivity contribution in [1.29, 1.82) is 0 Å². The van der Waals surface area contributed by atoms with E-state index in [0.717, 1.165) is 29.5 Å². The van der Waals surface area contributed by atoms with Gasteiger partial charge >= 0.3 is 0 Å². The fraction of sp³-hybridized carbons (Fsp3) is 0.550. The summed E-state index contributed by atoms with van der Waals surface area (Å²) in [7, 11) is 1.77. The van der Waals surface area contributed by atoms with Gasteiger partial charge in [0.05, 0.1) is 6.04 Å². The average Bonchev–Trinajstić information content (AvgIpc) is 3.09. The van der Waals surface area contributed by atoms with Crippen LogP contribution in [0.15, 0.2) is 33.8 Å². The molecule has 1 aromatic heterocycles. The van der Waals surface area contributed by atoms with E-state index in [-0.39, 0.29) is 41.5 Å². The number of halogens is 1. The predicted octanol–water partition coefficient (Wildman–Crippen LogP) is 3.82. The minimum absolute atomic E-state index is 0. The molecule has 154 valence electrons. The molecule has 0 aliphatic carbocycles. The molecule has 3 rings (SSSR count). The van der Waals surface area contributed by atoms with E-state index in [9.17, 15) is 0 Å². The molecule has 1 unspecified atom stereocenters. The maximum absolute atomic E-state index is 6.10. The van der Waals surface area contributed by atoms with Gasteiger partial charge in [-0.2, -0.15) is 4.98 Å². The van der Waals surface area contributed by atoms with Gasteiger partial charge in [0.1, 0.15) is 11.4 Å². The van der Waals surface area contributed by atoms with E-state index < -0.39 is 0 Å². The van der Waals surface area contributed by atoms with Crippen molar-refractivity contribution in [2.24, 2.45) is 4.99 Å². The fourth-order valence-corrected chi connectivity index (χ4v) is 3.18. The van der Waals surface area contributed by atoms with E-state index >= 15 is 0 Å². The van der Waals surface area contributed by atoms with Crippen LogP contribution < -0.4 is 15.4 Å². The Morgan fingerprint density at radius 2 is 2.07 bits per heavy atom. The molecule has 1 aliphatic rings. The van der Waals surface area contributed by atoms with Gasteiger partial charge in [-0.25, -0.2) is 0 Å². The summed E-state index contributed by atoms with van der Waals surface area (Å²) in [4.78, 5) is 8.76. The molecule has 1 atom stereocenters. The summed E-state index contributed by atoms with van der Waals surface area (Å²) in [6, 6.07) is 8.28. The van der Waals surface area contributed by atoms with Crippen LogP contribution in [0.4, 0.5) is 0 Å². The van der Waals surface area contributed by atoms with Gasteiger partial charge in [-0.15, -0.1) is 24.0 Å². The molecule has 2 heterocycles. The summed E-state index contributed by atoms with van der Waals surface area (Å²) in [5, 5.41) is 10.8. The van der Waals surface area contributed by atoms with Crippen LogP contribution in [0.1, 0.15) is 63.4 Å². The number of hydrogen-bond acceptors (Lipinski definition) is 5. The number of aromatic nitrogens is 2. The monoisotopic (exact) mass is 499 g/mol. The number of rotatable bonds is 5. The van der Waals surface area contributed by atoms with Crippen LogP contribution in [0.3, 0.4) is 0 Å². The number of benzene rings is 1. The molecule has 1 aromatic carbocycles. The Morgan fingerprint density at radius 3 is 2.75 bits per heavy atom. The minimum atomic E-state index is -0.234. The number of fused-ring (bicyclic) bond motifs is 1. The summed E-state index contributed by atoms with van der Waals surface area (Å²) in [6.07, 6.45) is 1.50. The van der Waals surface area contributed by atoms with Gasteiger partial charge in [-0.1, -0.05) is 37.2 Å². The first-order valence-corrected chi connectivity index (χ1v) is 9.45. The normalized spacial score (nSPS) is 18.1. The zero-order valence-corrected chi connectivity index (χ0v) is 19.5. The van der Waals surface area contributed by atoms with E-state index in [1.807, 2.05) is 32.0 Å². The molecule has 0 spiro atoms. The third-order valence-corrected chi connectivity index (χ3v) is 4.54. The molecule has 0 amide bonds. The largest absolute Gasteiger partial charge is 0.487 e. The van der Waals surface area contributed by atoms with Crippen LogP contribution in [-0.4, -0.2) is 35.3 Å². The second kappa shape index (κ2) is 9.58. The topological polar surface area (TPSA) is 84.6 Å². The smallest absolute Gasteiger partial charge is 0.228 e. The lowest BCUT2D eigenvalue weighted by Crippen LogP contribution is -2.45. The average molecular weight is 499 g/mol. The lowest BCUT2D eigenvalue weighted by molar-refractivity contribution is 0.0694. The van der Waals surface area contributed by atoms with Gasteiger partial charge < -0.3 is 19.9 Å². The molecule has 8 heteroatoms. The molecule has 0 bridgehead atoms. The number of hydrogen-bond donors (Lipinski definition) is 2. The SMILES string of the molecule is CN=C(NCCc1nc(C(C)C)no1)NC1CC(C)(C)Oc2ccccc21.I. The predicted molar refractivity (Wildman–Crippen MR) is 121 cm³/mol. The first kappa shape index (κ1) is 22.4. The number of nitrogens with zero attached hydrogens (tertiary/aromatic N) is 3.